The average Bonchev–Trinajstić information content (AvgIpc) is 2.45. The maximum absolute atomic E-state index is 5.07. The fourth-order valence-corrected chi connectivity index (χ4v) is 1.14. The molecule has 0 radical (unpaired) electrons. The zero-order valence-corrected chi connectivity index (χ0v) is 8.21. The molecule has 0 unspecified atom stereocenters. The Hall–Kier alpha value is -0.790. The number of nitrogens with one attached hydrogen (secondary N) is 1. The van der Waals surface area contributed by atoms with Gasteiger partial charge in [0.2, 0.25) is 0 Å². The number of hydrogen-bond donors (Lipinski definition) is 1. The van der Waals surface area contributed by atoms with E-state index in [1.54, 1.807) is 6.20 Å². The van der Waals surface area contributed by atoms with Crippen LogP contribution in [0, 0.1) is 12.3 Å². The van der Waals surface area contributed by atoms with Crippen molar-refractivity contribution in [2.24, 2.45) is 0 Å². The molecule has 0 aromatic carbocycles. The highest BCUT2D eigenvalue weighted by Crippen LogP contribution is 2.05. The Balaban J connectivity index is 2.21. The molecule has 4 heteroatoms. The van der Waals surface area contributed by atoms with Gasteiger partial charge in [0.15, 0.2) is 0 Å². The fraction of sp³-hybridized carbons (Fsp3) is 0.375. The van der Waals surface area contributed by atoms with Crippen molar-refractivity contribution in [1.82, 2.24) is 15.1 Å². The summed E-state index contributed by atoms with van der Waals surface area (Å²) >= 11 is 3.32. The number of terminal acetylenes is 1. The summed E-state index contributed by atoms with van der Waals surface area (Å²) in [5, 5.41) is 7.17. The van der Waals surface area contributed by atoms with E-state index in [0.29, 0.717) is 6.54 Å². The van der Waals surface area contributed by atoms with Crippen LogP contribution in [0.4, 0.5) is 0 Å². The third kappa shape index (κ3) is 3.07. The van der Waals surface area contributed by atoms with Crippen molar-refractivity contribution < 1.29 is 0 Å². The maximum atomic E-state index is 5.07. The number of nitrogens with zero attached hydrogens (tertiary/aromatic N) is 2. The molecule has 64 valence electrons. The van der Waals surface area contributed by atoms with Crippen LogP contribution >= 0.6 is 15.9 Å². The predicted octanol–water partition coefficient (Wildman–Crippen LogP) is 0.868. The first-order valence-corrected chi connectivity index (χ1v) is 4.44. The van der Waals surface area contributed by atoms with Gasteiger partial charge in [0.05, 0.1) is 23.8 Å². The van der Waals surface area contributed by atoms with Crippen LogP contribution < -0.4 is 5.32 Å². The molecule has 0 saturated heterocycles. The summed E-state index contributed by atoms with van der Waals surface area (Å²) in [5.41, 5.74) is 0. The average molecular weight is 228 g/mol. The molecule has 12 heavy (non-hydrogen) atoms. The van der Waals surface area contributed by atoms with Gasteiger partial charge in [0, 0.05) is 12.7 Å². The summed E-state index contributed by atoms with van der Waals surface area (Å²) in [4.78, 5) is 0. The van der Waals surface area contributed by atoms with Crippen LogP contribution in [-0.4, -0.2) is 22.9 Å². The molecule has 1 aromatic rings. The number of halogens is 1. The van der Waals surface area contributed by atoms with Crippen molar-refractivity contribution in [3.8, 4) is 12.3 Å². The molecule has 1 N–H and O–H groups in total. The molecule has 0 aliphatic carbocycles. The molecule has 0 saturated carbocycles. The van der Waals surface area contributed by atoms with Crippen molar-refractivity contribution in [2.45, 2.75) is 6.54 Å². The highest BCUT2D eigenvalue weighted by molar-refractivity contribution is 9.10. The van der Waals surface area contributed by atoms with Crippen molar-refractivity contribution in [3.05, 3.63) is 16.9 Å². The van der Waals surface area contributed by atoms with Gasteiger partial charge in [-0.3, -0.25) is 4.68 Å². The Labute approximate surface area is 80.3 Å². The Kier molecular flexibility index (Phi) is 3.85. The summed E-state index contributed by atoms with van der Waals surface area (Å²) in [6.45, 7) is 2.30. The van der Waals surface area contributed by atoms with Gasteiger partial charge in [-0.2, -0.15) is 5.10 Å². The summed E-state index contributed by atoms with van der Waals surface area (Å²) in [6.07, 6.45) is 8.76. The molecular formula is C8H10BrN3. The van der Waals surface area contributed by atoms with E-state index in [-0.39, 0.29) is 0 Å². The summed E-state index contributed by atoms with van der Waals surface area (Å²) < 4.78 is 2.85. The third-order valence-electron chi connectivity index (χ3n) is 1.35. The lowest BCUT2D eigenvalue weighted by molar-refractivity contribution is 0.575. The molecule has 3 nitrogen and oxygen atoms in total. The zero-order valence-electron chi connectivity index (χ0n) is 6.63. The van der Waals surface area contributed by atoms with Crippen LogP contribution in [0.5, 0.6) is 0 Å². The number of rotatable bonds is 4. The Morgan fingerprint density at radius 2 is 2.58 bits per heavy atom. The smallest absolute Gasteiger partial charge is 0.0632 e. The van der Waals surface area contributed by atoms with E-state index < -0.39 is 0 Å². The first kappa shape index (κ1) is 9.30. The number of aromatic nitrogens is 2. The van der Waals surface area contributed by atoms with E-state index in [4.69, 9.17) is 6.42 Å². The van der Waals surface area contributed by atoms with Crippen LogP contribution in [0.15, 0.2) is 16.9 Å². The van der Waals surface area contributed by atoms with Gasteiger partial charge in [0.25, 0.3) is 0 Å². The highest BCUT2D eigenvalue weighted by atomic mass is 79.9. The molecule has 1 heterocycles. The predicted molar refractivity (Wildman–Crippen MR) is 51.6 cm³/mol. The van der Waals surface area contributed by atoms with E-state index in [1.165, 1.54) is 0 Å². The summed E-state index contributed by atoms with van der Waals surface area (Å²) in [5.74, 6) is 2.51. The molecule has 0 amide bonds. The largest absolute Gasteiger partial charge is 0.304 e. The van der Waals surface area contributed by atoms with Crippen LogP contribution in [0.3, 0.4) is 0 Å². The molecule has 0 fully saturated rings. The molecule has 1 aromatic heterocycles. The van der Waals surface area contributed by atoms with Crippen LogP contribution in [0.2, 0.25) is 0 Å². The van der Waals surface area contributed by atoms with E-state index in [2.05, 4.69) is 32.3 Å². The summed E-state index contributed by atoms with van der Waals surface area (Å²) in [6, 6.07) is 0. The fourth-order valence-electron chi connectivity index (χ4n) is 0.815. The lowest BCUT2D eigenvalue weighted by Crippen LogP contribution is -2.20. The first-order valence-electron chi connectivity index (χ1n) is 3.65. The Bertz CT molecular complexity index is 274. The van der Waals surface area contributed by atoms with Crippen molar-refractivity contribution in [2.75, 3.05) is 13.1 Å². The van der Waals surface area contributed by atoms with E-state index in [1.807, 2.05) is 10.9 Å². The van der Waals surface area contributed by atoms with Crippen molar-refractivity contribution in [3.63, 3.8) is 0 Å². The second-order valence-electron chi connectivity index (χ2n) is 2.30. The third-order valence-corrected chi connectivity index (χ3v) is 1.76. The minimum absolute atomic E-state index is 0.614. The highest BCUT2D eigenvalue weighted by Gasteiger charge is 1.92. The molecule has 1 rings (SSSR count). The lowest BCUT2D eigenvalue weighted by Gasteiger charge is -2.00. The quantitative estimate of drug-likeness (QED) is 0.612. The maximum Gasteiger partial charge on any atom is 0.0632 e. The van der Waals surface area contributed by atoms with E-state index in [0.717, 1.165) is 17.6 Å². The lowest BCUT2D eigenvalue weighted by atomic mass is 10.6. The van der Waals surface area contributed by atoms with Crippen LogP contribution in [0.1, 0.15) is 0 Å². The minimum atomic E-state index is 0.614. The SMILES string of the molecule is C#CCNCCn1cc(Br)cn1. The standard InChI is InChI=1S/C8H10BrN3/c1-2-3-10-4-5-12-7-8(9)6-11-12/h1,6-7,10H,3-5H2. The van der Waals surface area contributed by atoms with Gasteiger partial charge < -0.3 is 5.32 Å². The molecule has 0 spiro atoms. The number of hydrogen-bond acceptors (Lipinski definition) is 2. The topological polar surface area (TPSA) is 29.9 Å². The van der Waals surface area contributed by atoms with Gasteiger partial charge in [-0.1, -0.05) is 5.92 Å². The zero-order chi connectivity index (χ0) is 8.81. The van der Waals surface area contributed by atoms with Gasteiger partial charge >= 0.3 is 0 Å². The minimum Gasteiger partial charge on any atom is -0.304 e. The molecule has 0 atom stereocenters. The van der Waals surface area contributed by atoms with E-state index >= 15 is 0 Å². The second kappa shape index (κ2) is 4.96. The first-order chi connectivity index (χ1) is 5.83. The molecule has 0 aliphatic rings. The van der Waals surface area contributed by atoms with Crippen LogP contribution in [0.25, 0.3) is 0 Å². The second-order valence-corrected chi connectivity index (χ2v) is 3.22. The van der Waals surface area contributed by atoms with Gasteiger partial charge in [-0.25, -0.2) is 0 Å². The molecule has 0 aliphatic heterocycles. The summed E-state index contributed by atoms with van der Waals surface area (Å²) in [7, 11) is 0. The molecule has 0 bridgehead atoms. The monoisotopic (exact) mass is 227 g/mol. The van der Waals surface area contributed by atoms with Crippen LogP contribution in [-0.2, 0) is 6.54 Å². The van der Waals surface area contributed by atoms with Gasteiger partial charge in [-0.15, -0.1) is 6.42 Å². The normalized spacial score (nSPS) is 9.67. The Morgan fingerprint density at radius 1 is 1.75 bits per heavy atom. The van der Waals surface area contributed by atoms with Gasteiger partial charge in [0.1, 0.15) is 0 Å². The van der Waals surface area contributed by atoms with Gasteiger partial charge in [-0.05, 0) is 15.9 Å². The van der Waals surface area contributed by atoms with Crippen molar-refractivity contribution in [1.29, 1.82) is 0 Å². The Morgan fingerprint density at radius 3 is 3.17 bits per heavy atom. The molecular weight excluding hydrogens is 218 g/mol. The van der Waals surface area contributed by atoms with E-state index in [9.17, 15) is 0 Å². The van der Waals surface area contributed by atoms with Crippen molar-refractivity contribution >= 4 is 15.9 Å².